The van der Waals surface area contributed by atoms with Gasteiger partial charge in [-0.2, -0.15) is 0 Å². The first-order chi connectivity index (χ1) is 15.9. The van der Waals surface area contributed by atoms with Crippen molar-refractivity contribution in [3.05, 3.63) is 57.0 Å². The van der Waals surface area contributed by atoms with Gasteiger partial charge in [-0.25, -0.2) is 0 Å². The molecule has 4 atom stereocenters. The molecule has 2 aliphatic rings. The molecule has 2 aromatic heterocycles. The fourth-order valence-corrected chi connectivity index (χ4v) is 4.01. The van der Waals surface area contributed by atoms with Crippen molar-refractivity contribution < 1.29 is 24.3 Å². The summed E-state index contributed by atoms with van der Waals surface area (Å²) in [4.78, 5) is 32.1. The highest BCUT2D eigenvalue weighted by Gasteiger charge is 2.44. The molecule has 0 saturated carbocycles. The molecule has 0 aromatic carbocycles. The number of rotatable bonds is 8. The summed E-state index contributed by atoms with van der Waals surface area (Å²) in [7, 11) is 0. The number of carbonyl (C=O) groups excluding carboxylic acids is 1. The standard InChI is InChI=1S/C22H22Br2N4O5/c1-2-3-20(29)31-22(19-9-17(28-33-19)15-7-5-13(24)11-26-15)21(30)18-8-16(27-32-18)14-6-4-12(23)10-25-14/h4-7,10-11,18-19,21-22,30H,2-3,8-9H2,1H3/t18-,19-,21?,22?/m0/s1. The molecule has 2 aliphatic heterocycles. The van der Waals surface area contributed by atoms with Crippen LogP contribution in [0.5, 0.6) is 0 Å². The maximum absolute atomic E-state index is 12.3. The van der Waals surface area contributed by atoms with E-state index in [4.69, 9.17) is 14.4 Å². The third-order valence-corrected chi connectivity index (χ3v) is 6.18. The summed E-state index contributed by atoms with van der Waals surface area (Å²) in [5.74, 6) is -0.422. The number of hydrogen-bond acceptors (Lipinski definition) is 9. The minimum Gasteiger partial charge on any atom is -0.455 e. The van der Waals surface area contributed by atoms with Gasteiger partial charge < -0.3 is 19.5 Å². The number of pyridine rings is 2. The highest BCUT2D eigenvalue weighted by Crippen LogP contribution is 2.28. The Hall–Kier alpha value is -2.37. The van der Waals surface area contributed by atoms with Gasteiger partial charge in [0, 0.05) is 40.6 Å². The van der Waals surface area contributed by atoms with Gasteiger partial charge >= 0.3 is 5.97 Å². The number of hydrogen-bond donors (Lipinski definition) is 1. The lowest BCUT2D eigenvalue weighted by atomic mass is 9.95. The van der Waals surface area contributed by atoms with Crippen LogP contribution >= 0.6 is 31.9 Å². The van der Waals surface area contributed by atoms with Crippen LogP contribution in [0.4, 0.5) is 0 Å². The van der Waals surface area contributed by atoms with Crippen molar-refractivity contribution in [1.82, 2.24) is 9.97 Å². The molecule has 0 fully saturated rings. The Bertz CT molecular complexity index is 1050. The van der Waals surface area contributed by atoms with Gasteiger partial charge in [-0.15, -0.1) is 0 Å². The van der Waals surface area contributed by atoms with E-state index in [0.29, 0.717) is 42.1 Å². The van der Waals surface area contributed by atoms with Gasteiger partial charge in [-0.05, 0) is 62.5 Å². The molecule has 2 unspecified atom stereocenters. The topological polar surface area (TPSA) is 115 Å². The van der Waals surface area contributed by atoms with Crippen molar-refractivity contribution in [3.8, 4) is 0 Å². The van der Waals surface area contributed by atoms with E-state index in [9.17, 15) is 9.90 Å². The number of oxime groups is 2. The number of nitrogens with zero attached hydrogens (tertiary/aromatic N) is 4. The van der Waals surface area contributed by atoms with Crippen LogP contribution in [0.25, 0.3) is 0 Å². The Morgan fingerprint density at radius 1 is 1.03 bits per heavy atom. The maximum atomic E-state index is 12.3. The van der Waals surface area contributed by atoms with Gasteiger partial charge in [0.2, 0.25) is 0 Å². The number of esters is 1. The normalized spacial score (nSPS) is 21.5. The average molecular weight is 582 g/mol. The monoisotopic (exact) mass is 580 g/mol. The Kier molecular flexibility index (Phi) is 7.71. The SMILES string of the molecule is CCCC(=O)OC(C(O)[C@@H]1CC(c2ccc(Br)cn2)=NO1)[C@@H]1CC(c2ccc(Br)cn2)=NO1. The molecule has 0 radical (unpaired) electrons. The fourth-order valence-electron chi connectivity index (χ4n) is 3.54. The molecule has 11 heteroatoms. The fraction of sp³-hybridized carbons (Fsp3) is 0.409. The zero-order valence-corrected chi connectivity index (χ0v) is 20.9. The van der Waals surface area contributed by atoms with E-state index in [1.165, 1.54) is 0 Å². The second kappa shape index (κ2) is 10.7. The van der Waals surface area contributed by atoms with Crippen molar-refractivity contribution in [2.45, 2.75) is 57.0 Å². The first-order valence-electron chi connectivity index (χ1n) is 10.5. The summed E-state index contributed by atoms with van der Waals surface area (Å²) in [6.45, 7) is 1.88. The lowest BCUT2D eigenvalue weighted by Gasteiger charge is -2.28. The Balaban J connectivity index is 1.46. The zero-order chi connectivity index (χ0) is 23.4. The number of aromatic nitrogens is 2. The van der Waals surface area contributed by atoms with Crippen LogP contribution in [0.1, 0.15) is 44.0 Å². The Labute approximate surface area is 207 Å². The molecule has 4 rings (SSSR count). The molecule has 0 aliphatic carbocycles. The van der Waals surface area contributed by atoms with Crippen molar-refractivity contribution in [1.29, 1.82) is 0 Å². The van der Waals surface area contributed by atoms with Crippen LogP contribution < -0.4 is 0 Å². The number of aliphatic hydroxyl groups is 1. The van der Waals surface area contributed by atoms with E-state index >= 15 is 0 Å². The summed E-state index contributed by atoms with van der Waals surface area (Å²) < 4.78 is 7.33. The second-order valence-electron chi connectivity index (χ2n) is 7.69. The highest BCUT2D eigenvalue weighted by molar-refractivity contribution is 9.10. The summed E-state index contributed by atoms with van der Waals surface area (Å²) in [5.41, 5.74) is 2.52. The van der Waals surface area contributed by atoms with Gasteiger partial charge in [0.15, 0.2) is 18.3 Å². The molecule has 2 aromatic rings. The predicted octanol–water partition coefficient (Wildman–Crippen LogP) is 3.76. The average Bonchev–Trinajstić information content (AvgIpc) is 3.49. The molecule has 0 bridgehead atoms. The second-order valence-corrected chi connectivity index (χ2v) is 9.52. The van der Waals surface area contributed by atoms with E-state index in [2.05, 4.69) is 52.1 Å². The molecule has 174 valence electrons. The smallest absolute Gasteiger partial charge is 0.306 e. The zero-order valence-electron chi connectivity index (χ0n) is 17.7. The van der Waals surface area contributed by atoms with E-state index in [-0.39, 0.29) is 6.42 Å². The van der Waals surface area contributed by atoms with Crippen molar-refractivity contribution in [2.75, 3.05) is 0 Å². The van der Waals surface area contributed by atoms with Crippen LogP contribution in [0.15, 0.2) is 55.9 Å². The Morgan fingerprint density at radius 3 is 2.09 bits per heavy atom. The number of ether oxygens (including phenoxy) is 1. The van der Waals surface area contributed by atoms with E-state index in [1.807, 2.05) is 31.2 Å². The number of halogens is 2. The summed E-state index contributed by atoms with van der Waals surface area (Å²) in [6.07, 6.45) is 1.25. The highest BCUT2D eigenvalue weighted by atomic mass is 79.9. The third kappa shape index (κ3) is 5.77. The third-order valence-electron chi connectivity index (χ3n) is 5.24. The van der Waals surface area contributed by atoms with E-state index in [0.717, 1.165) is 8.95 Å². The minimum atomic E-state index is -1.18. The molecule has 9 nitrogen and oxygen atoms in total. The first kappa shape index (κ1) is 23.8. The molecule has 0 amide bonds. The van der Waals surface area contributed by atoms with Crippen LogP contribution in [0.2, 0.25) is 0 Å². The Morgan fingerprint density at radius 2 is 1.58 bits per heavy atom. The van der Waals surface area contributed by atoms with Gasteiger partial charge in [0.25, 0.3) is 0 Å². The van der Waals surface area contributed by atoms with Gasteiger partial charge in [0.1, 0.15) is 17.5 Å². The van der Waals surface area contributed by atoms with Crippen LogP contribution in [0, 0.1) is 0 Å². The van der Waals surface area contributed by atoms with Gasteiger partial charge in [-0.3, -0.25) is 14.8 Å². The first-order valence-corrected chi connectivity index (χ1v) is 12.1. The predicted molar refractivity (Wildman–Crippen MR) is 127 cm³/mol. The largest absolute Gasteiger partial charge is 0.455 e. The number of aliphatic hydroxyl groups excluding tert-OH is 1. The van der Waals surface area contributed by atoms with Crippen LogP contribution in [-0.2, 0) is 19.2 Å². The van der Waals surface area contributed by atoms with Crippen molar-refractivity contribution >= 4 is 49.3 Å². The molecule has 0 saturated heterocycles. The van der Waals surface area contributed by atoms with Crippen LogP contribution in [0.3, 0.4) is 0 Å². The van der Waals surface area contributed by atoms with Crippen LogP contribution in [-0.4, -0.2) is 56.9 Å². The molecular formula is C22H22Br2N4O5. The number of carbonyl (C=O) groups is 1. The van der Waals surface area contributed by atoms with Crippen molar-refractivity contribution in [2.24, 2.45) is 10.3 Å². The maximum Gasteiger partial charge on any atom is 0.306 e. The summed E-state index contributed by atoms with van der Waals surface area (Å²) in [6, 6.07) is 7.33. The van der Waals surface area contributed by atoms with Gasteiger partial charge in [-0.1, -0.05) is 17.2 Å². The van der Waals surface area contributed by atoms with Crippen molar-refractivity contribution in [3.63, 3.8) is 0 Å². The lowest BCUT2D eigenvalue weighted by Crippen LogP contribution is -2.47. The molecule has 1 N–H and O–H groups in total. The molecule has 33 heavy (non-hydrogen) atoms. The lowest BCUT2D eigenvalue weighted by molar-refractivity contribution is -0.176. The van der Waals surface area contributed by atoms with Gasteiger partial charge in [0.05, 0.1) is 11.4 Å². The van der Waals surface area contributed by atoms with E-state index in [1.54, 1.807) is 12.4 Å². The quantitative estimate of drug-likeness (QED) is 0.472. The van der Waals surface area contributed by atoms with E-state index < -0.39 is 30.4 Å². The molecule has 0 spiro atoms. The molecule has 4 heterocycles. The minimum absolute atomic E-state index is 0.230. The summed E-state index contributed by atoms with van der Waals surface area (Å²) in [5, 5.41) is 19.3. The molecular weight excluding hydrogens is 560 g/mol. The summed E-state index contributed by atoms with van der Waals surface area (Å²) >= 11 is 6.71.